The van der Waals surface area contributed by atoms with Gasteiger partial charge in [0.25, 0.3) is 0 Å². The molecule has 0 saturated heterocycles. The molecule has 1 aromatic carbocycles. The van der Waals surface area contributed by atoms with Crippen LogP contribution in [0, 0.1) is 11.7 Å². The number of hydrogen-bond donors (Lipinski definition) is 1. The smallest absolute Gasteiger partial charge is 0.131 e. The Balaban J connectivity index is 2.05. The van der Waals surface area contributed by atoms with Gasteiger partial charge in [0, 0.05) is 23.7 Å². The monoisotopic (exact) mass is 279 g/mol. The Hall–Kier alpha value is -1.09. The molecule has 0 aromatic heterocycles. The van der Waals surface area contributed by atoms with E-state index < -0.39 is 0 Å². The topological polar surface area (TPSA) is 21.3 Å². The fourth-order valence-electron chi connectivity index (χ4n) is 3.31. The van der Waals surface area contributed by atoms with Crippen LogP contribution in [0.3, 0.4) is 0 Å². The van der Waals surface area contributed by atoms with E-state index in [0.717, 1.165) is 11.5 Å². The lowest BCUT2D eigenvalue weighted by Gasteiger charge is -2.34. The summed E-state index contributed by atoms with van der Waals surface area (Å²) in [7, 11) is 1.56. The molecular formula is C17H26FNO. The fraction of sp³-hybridized carbons (Fsp3) is 0.647. The first kappa shape index (κ1) is 15.3. The summed E-state index contributed by atoms with van der Waals surface area (Å²) in [5, 5.41) is 3.63. The average molecular weight is 279 g/mol. The molecule has 1 saturated carbocycles. The van der Waals surface area contributed by atoms with E-state index in [4.69, 9.17) is 4.74 Å². The molecule has 0 bridgehead atoms. The Morgan fingerprint density at radius 2 is 2.10 bits per heavy atom. The van der Waals surface area contributed by atoms with Crippen LogP contribution in [0.1, 0.15) is 57.6 Å². The van der Waals surface area contributed by atoms with E-state index in [1.54, 1.807) is 7.11 Å². The van der Waals surface area contributed by atoms with Gasteiger partial charge in [0.15, 0.2) is 0 Å². The van der Waals surface area contributed by atoms with Gasteiger partial charge in [-0.05, 0) is 31.7 Å². The molecule has 1 fully saturated rings. The van der Waals surface area contributed by atoms with Crippen LogP contribution in [0.5, 0.6) is 5.75 Å². The van der Waals surface area contributed by atoms with E-state index in [-0.39, 0.29) is 11.9 Å². The number of ether oxygens (including phenoxy) is 1. The van der Waals surface area contributed by atoms with Crippen molar-refractivity contribution in [3.63, 3.8) is 0 Å². The molecule has 3 atom stereocenters. The molecule has 112 valence electrons. The van der Waals surface area contributed by atoms with Crippen LogP contribution < -0.4 is 10.1 Å². The van der Waals surface area contributed by atoms with Gasteiger partial charge in [-0.1, -0.05) is 32.3 Å². The van der Waals surface area contributed by atoms with Crippen molar-refractivity contribution < 1.29 is 9.13 Å². The molecule has 0 amide bonds. The first-order chi connectivity index (χ1) is 9.65. The quantitative estimate of drug-likeness (QED) is 0.859. The van der Waals surface area contributed by atoms with Crippen molar-refractivity contribution in [2.24, 2.45) is 5.92 Å². The van der Waals surface area contributed by atoms with E-state index in [1.807, 2.05) is 19.1 Å². The standard InChI is InChI=1S/C17H26FNO/c1-4-13-7-5-6-8-17(13)19-12(2)15-10-9-14(20-3)11-16(15)18/h9-13,17,19H,4-8H2,1-3H3. The van der Waals surface area contributed by atoms with Crippen molar-refractivity contribution in [3.8, 4) is 5.75 Å². The lowest BCUT2D eigenvalue weighted by Crippen LogP contribution is -2.39. The van der Waals surface area contributed by atoms with Crippen LogP contribution in [0.4, 0.5) is 4.39 Å². The van der Waals surface area contributed by atoms with E-state index in [1.165, 1.54) is 38.2 Å². The van der Waals surface area contributed by atoms with Gasteiger partial charge in [-0.25, -0.2) is 4.39 Å². The second kappa shape index (κ2) is 7.07. The lowest BCUT2D eigenvalue weighted by atomic mass is 9.82. The molecule has 0 heterocycles. The molecule has 3 unspecified atom stereocenters. The molecule has 1 aromatic rings. The van der Waals surface area contributed by atoms with Crippen LogP contribution in [-0.4, -0.2) is 13.2 Å². The zero-order valence-corrected chi connectivity index (χ0v) is 12.8. The molecule has 2 rings (SSSR count). The van der Waals surface area contributed by atoms with Crippen LogP contribution in [-0.2, 0) is 0 Å². The number of nitrogens with one attached hydrogen (secondary N) is 1. The summed E-state index contributed by atoms with van der Waals surface area (Å²) in [6, 6.07) is 5.68. The highest BCUT2D eigenvalue weighted by Crippen LogP contribution is 2.29. The predicted molar refractivity (Wildman–Crippen MR) is 80.5 cm³/mol. The van der Waals surface area contributed by atoms with Gasteiger partial charge in [0.2, 0.25) is 0 Å². The molecular weight excluding hydrogens is 253 g/mol. The van der Waals surface area contributed by atoms with Gasteiger partial charge in [0.05, 0.1) is 7.11 Å². The fourth-order valence-corrected chi connectivity index (χ4v) is 3.31. The minimum Gasteiger partial charge on any atom is -0.497 e. The lowest BCUT2D eigenvalue weighted by molar-refractivity contribution is 0.239. The number of hydrogen-bond acceptors (Lipinski definition) is 2. The normalized spacial score (nSPS) is 24.4. The van der Waals surface area contributed by atoms with Crippen molar-refractivity contribution in [2.45, 2.75) is 58.0 Å². The zero-order valence-electron chi connectivity index (χ0n) is 12.8. The maximum Gasteiger partial charge on any atom is 0.131 e. The molecule has 0 radical (unpaired) electrons. The minimum absolute atomic E-state index is 0.0399. The number of halogens is 1. The third kappa shape index (κ3) is 3.51. The molecule has 1 aliphatic carbocycles. The maximum atomic E-state index is 14.1. The summed E-state index contributed by atoms with van der Waals surface area (Å²) in [4.78, 5) is 0. The predicted octanol–water partition coefficient (Wildman–Crippen LogP) is 4.45. The second-order valence-corrected chi connectivity index (χ2v) is 5.84. The highest BCUT2D eigenvalue weighted by atomic mass is 19.1. The van der Waals surface area contributed by atoms with Crippen molar-refractivity contribution in [3.05, 3.63) is 29.6 Å². The molecule has 3 heteroatoms. The van der Waals surface area contributed by atoms with Crippen LogP contribution in [0.15, 0.2) is 18.2 Å². The SMILES string of the molecule is CCC1CCCCC1NC(C)c1ccc(OC)cc1F. The number of rotatable bonds is 5. The summed E-state index contributed by atoms with van der Waals surface area (Å²) in [5.74, 6) is 1.11. The molecule has 0 spiro atoms. The molecule has 2 nitrogen and oxygen atoms in total. The number of benzene rings is 1. The molecule has 1 N–H and O–H groups in total. The van der Waals surface area contributed by atoms with E-state index in [2.05, 4.69) is 12.2 Å². The Labute approximate surface area is 121 Å². The van der Waals surface area contributed by atoms with Gasteiger partial charge in [-0.3, -0.25) is 0 Å². The Kier molecular flexibility index (Phi) is 5.41. The van der Waals surface area contributed by atoms with Gasteiger partial charge < -0.3 is 10.1 Å². The second-order valence-electron chi connectivity index (χ2n) is 5.84. The first-order valence-corrected chi connectivity index (χ1v) is 7.75. The van der Waals surface area contributed by atoms with Gasteiger partial charge in [-0.2, -0.15) is 0 Å². The van der Waals surface area contributed by atoms with E-state index in [9.17, 15) is 4.39 Å². The summed E-state index contributed by atoms with van der Waals surface area (Å²) in [5.41, 5.74) is 0.728. The summed E-state index contributed by atoms with van der Waals surface area (Å²) in [6.45, 7) is 4.30. The third-order valence-electron chi connectivity index (χ3n) is 4.57. The number of methoxy groups -OCH3 is 1. The Bertz CT molecular complexity index is 435. The van der Waals surface area contributed by atoms with Crippen LogP contribution >= 0.6 is 0 Å². The van der Waals surface area contributed by atoms with Crippen LogP contribution in [0.2, 0.25) is 0 Å². The van der Waals surface area contributed by atoms with Crippen molar-refractivity contribution in [2.75, 3.05) is 7.11 Å². The third-order valence-corrected chi connectivity index (χ3v) is 4.57. The molecule has 0 aliphatic heterocycles. The Morgan fingerprint density at radius 1 is 1.35 bits per heavy atom. The van der Waals surface area contributed by atoms with Gasteiger partial charge in [0.1, 0.15) is 11.6 Å². The first-order valence-electron chi connectivity index (χ1n) is 7.75. The van der Waals surface area contributed by atoms with Crippen molar-refractivity contribution >= 4 is 0 Å². The highest BCUT2D eigenvalue weighted by molar-refractivity contribution is 5.30. The Morgan fingerprint density at radius 3 is 2.75 bits per heavy atom. The summed E-state index contributed by atoms with van der Waals surface area (Å²) < 4.78 is 19.2. The minimum atomic E-state index is -0.187. The summed E-state index contributed by atoms with van der Waals surface area (Å²) >= 11 is 0. The molecule has 1 aliphatic rings. The largest absolute Gasteiger partial charge is 0.497 e. The maximum absolute atomic E-state index is 14.1. The summed E-state index contributed by atoms with van der Waals surface area (Å²) in [6.07, 6.45) is 6.33. The molecule has 20 heavy (non-hydrogen) atoms. The van der Waals surface area contributed by atoms with E-state index >= 15 is 0 Å². The van der Waals surface area contributed by atoms with Crippen LogP contribution in [0.25, 0.3) is 0 Å². The van der Waals surface area contributed by atoms with E-state index in [0.29, 0.717) is 11.8 Å². The van der Waals surface area contributed by atoms with Gasteiger partial charge in [-0.15, -0.1) is 0 Å². The average Bonchev–Trinajstić information content (AvgIpc) is 2.47. The van der Waals surface area contributed by atoms with Crippen molar-refractivity contribution in [1.29, 1.82) is 0 Å². The van der Waals surface area contributed by atoms with Gasteiger partial charge >= 0.3 is 0 Å². The zero-order chi connectivity index (χ0) is 14.5. The van der Waals surface area contributed by atoms with Crippen molar-refractivity contribution in [1.82, 2.24) is 5.32 Å². The highest BCUT2D eigenvalue weighted by Gasteiger charge is 2.25.